The van der Waals surface area contributed by atoms with Gasteiger partial charge in [0.2, 0.25) is 0 Å². The Balaban J connectivity index is 1.76. The van der Waals surface area contributed by atoms with Crippen LogP contribution in [0, 0.1) is 12.7 Å². The third-order valence-electron chi connectivity index (χ3n) is 4.70. The van der Waals surface area contributed by atoms with Gasteiger partial charge in [-0.25, -0.2) is 4.39 Å². The first kappa shape index (κ1) is 17.0. The van der Waals surface area contributed by atoms with Crippen LogP contribution < -0.4 is 11.5 Å². The molecule has 0 amide bonds. The molecule has 0 aliphatic rings. The van der Waals surface area contributed by atoms with Gasteiger partial charge in [0.05, 0.1) is 23.3 Å². The van der Waals surface area contributed by atoms with Crippen LogP contribution in [-0.4, -0.2) is 10.2 Å². The molecule has 4 N–H and O–H groups in total. The molecule has 0 saturated heterocycles. The van der Waals surface area contributed by atoms with E-state index < -0.39 is 0 Å². The van der Waals surface area contributed by atoms with Gasteiger partial charge in [0.15, 0.2) is 0 Å². The van der Waals surface area contributed by atoms with Crippen molar-refractivity contribution in [1.82, 2.24) is 10.2 Å². The number of nitrogens with two attached hydrogens (primary N) is 2. The van der Waals surface area contributed by atoms with E-state index in [2.05, 4.69) is 22.3 Å². The molecule has 0 aliphatic carbocycles. The predicted molar refractivity (Wildman–Crippen MR) is 108 cm³/mol. The Morgan fingerprint density at radius 1 is 0.926 bits per heavy atom. The van der Waals surface area contributed by atoms with Crippen LogP contribution in [0.1, 0.15) is 16.8 Å². The number of aromatic nitrogens is 2. The minimum atomic E-state index is -0.303. The number of nitrogen functional groups attached to an aromatic ring is 2. The summed E-state index contributed by atoms with van der Waals surface area (Å²) >= 11 is 0. The fraction of sp³-hybridized carbons (Fsp3) is 0.0909. The van der Waals surface area contributed by atoms with Gasteiger partial charge in [0.1, 0.15) is 5.82 Å². The maximum Gasteiger partial charge on any atom is 0.131 e. The minimum absolute atomic E-state index is 0.303. The van der Waals surface area contributed by atoms with Crippen LogP contribution in [0.4, 0.5) is 15.8 Å². The first-order chi connectivity index (χ1) is 13.0. The molecule has 0 atom stereocenters. The summed E-state index contributed by atoms with van der Waals surface area (Å²) in [6.07, 6.45) is 2.32. The molecule has 4 aromatic rings. The molecule has 4 nitrogen and oxygen atoms in total. The van der Waals surface area contributed by atoms with Gasteiger partial charge < -0.3 is 11.5 Å². The highest BCUT2D eigenvalue weighted by Gasteiger charge is 2.11. The molecule has 0 fully saturated rings. The molecule has 0 bridgehead atoms. The second-order valence-electron chi connectivity index (χ2n) is 6.72. The third-order valence-corrected chi connectivity index (χ3v) is 4.70. The highest BCUT2D eigenvalue weighted by atomic mass is 19.1. The van der Waals surface area contributed by atoms with E-state index in [1.165, 1.54) is 6.07 Å². The summed E-state index contributed by atoms with van der Waals surface area (Å²) in [6, 6.07) is 16.4. The number of rotatable bonds is 3. The summed E-state index contributed by atoms with van der Waals surface area (Å²) in [6.45, 7) is 2.05. The van der Waals surface area contributed by atoms with E-state index in [1.54, 1.807) is 30.5 Å². The lowest BCUT2D eigenvalue weighted by Gasteiger charge is -2.10. The maximum absolute atomic E-state index is 14.4. The van der Waals surface area contributed by atoms with Crippen molar-refractivity contribution in [1.29, 1.82) is 0 Å². The lowest BCUT2D eigenvalue weighted by atomic mass is 9.98. The van der Waals surface area contributed by atoms with E-state index in [0.717, 1.165) is 27.6 Å². The average molecular weight is 358 g/mol. The smallest absolute Gasteiger partial charge is 0.131 e. The van der Waals surface area contributed by atoms with Crippen LogP contribution in [0.5, 0.6) is 0 Å². The maximum atomic E-state index is 14.4. The monoisotopic (exact) mass is 358 g/mol. The number of hydrogen-bond donors (Lipinski definition) is 2. The molecule has 4 rings (SSSR count). The molecular formula is C22H19FN4. The van der Waals surface area contributed by atoms with Gasteiger partial charge in [0.25, 0.3) is 0 Å². The molecule has 1 aromatic heterocycles. The van der Waals surface area contributed by atoms with Crippen molar-refractivity contribution < 1.29 is 4.39 Å². The summed E-state index contributed by atoms with van der Waals surface area (Å²) in [5.74, 6) is -0.303. The van der Waals surface area contributed by atoms with Gasteiger partial charge in [-0.3, -0.25) is 0 Å². The van der Waals surface area contributed by atoms with Crippen LogP contribution in [0.25, 0.3) is 21.9 Å². The molecule has 1 heterocycles. The molecule has 0 unspecified atom stereocenters. The zero-order chi connectivity index (χ0) is 19.0. The molecule has 0 radical (unpaired) electrons. The number of hydrogen-bond acceptors (Lipinski definition) is 4. The van der Waals surface area contributed by atoms with Gasteiger partial charge in [-0.15, -0.1) is 0 Å². The number of aryl methyl sites for hydroxylation is 1. The van der Waals surface area contributed by atoms with Crippen molar-refractivity contribution in [2.24, 2.45) is 0 Å². The second-order valence-corrected chi connectivity index (χ2v) is 6.72. The summed E-state index contributed by atoms with van der Waals surface area (Å²) in [5.41, 5.74) is 16.7. The van der Waals surface area contributed by atoms with Gasteiger partial charge in [0, 0.05) is 22.8 Å². The molecule has 3 aromatic carbocycles. The Morgan fingerprint density at radius 2 is 1.78 bits per heavy atom. The van der Waals surface area contributed by atoms with E-state index in [-0.39, 0.29) is 5.82 Å². The summed E-state index contributed by atoms with van der Waals surface area (Å²) in [7, 11) is 0. The second kappa shape index (κ2) is 6.68. The Bertz CT molecular complexity index is 1150. The molecule has 5 heteroatoms. The molecule has 0 aliphatic heterocycles. The number of nitrogens with zero attached hydrogens (tertiary/aromatic N) is 2. The van der Waals surface area contributed by atoms with Crippen LogP contribution >= 0.6 is 0 Å². The third kappa shape index (κ3) is 3.31. The van der Waals surface area contributed by atoms with Crippen molar-refractivity contribution >= 4 is 22.1 Å². The Kier molecular flexibility index (Phi) is 4.20. The lowest BCUT2D eigenvalue weighted by molar-refractivity contribution is 0.630. The van der Waals surface area contributed by atoms with Crippen molar-refractivity contribution in [3.63, 3.8) is 0 Å². The first-order valence-corrected chi connectivity index (χ1v) is 8.66. The van der Waals surface area contributed by atoms with E-state index in [4.69, 9.17) is 11.5 Å². The Hall–Kier alpha value is -3.47. The van der Waals surface area contributed by atoms with Gasteiger partial charge in [-0.1, -0.05) is 29.8 Å². The quantitative estimate of drug-likeness (QED) is 0.529. The zero-order valence-corrected chi connectivity index (χ0v) is 14.9. The highest BCUT2D eigenvalue weighted by Crippen LogP contribution is 2.29. The normalized spacial score (nSPS) is 11.0. The number of benzene rings is 3. The summed E-state index contributed by atoms with van der Waals surface area (Å²) in [5, 5.41) is 10.5. The van der Waals surface area contributed by atoms with Crippen molar-refractivity contribution in [2.45, 2.75) is 13.3 Å². The van der Waals surface area contributed by atoms with Gasteiger partial charge >= 0.3 is 0 Å². The van der Waals surface area contributed by atoms with E-state index in [9.17, 15) is 4.39 Å². The van der Waals surface area contributed by atoms with E-state index in [1.807, 2.05) is 19.1 Å². The highest BCUT2D eigenvalue weighted by molar-refractivity contribution is 5.84. The van der Waals surface area contributed by atoms with E-state index >= 15 is 0 Å². The predicted octanol–water partition coefficient (Wildman–Crippen LogP) is 4.50. The molecule has 27 heavy (non-hydrogen) atoms. The van der Waals surface area contributed by atoms with Crippen molar-refractivity contribution in [2.75, 3.05) is 11.5 Å². The van der Waals surface area contributed by atoms with Gasteiger partial charge in [-0.2, -0.15) is 10.2 Å². The number of halogens is 1. The topological polar surface area (TPSA) is 77.8 Å². The molecule has 0 spiro atoms. The SMILES string of the molecule is Cc1ccc2cnnc(Cc3ccc(F)c(-c4ccc(N)c(N)c4)c3)c2c1. The summed E-state index contributed by atoms with van der Waals surface area (Å²) in [4.78, 5) is 0. The Labute approximate surface area is 156 Å². The average Bonchev–Trinajstić information content (AvgIpc) is 2.66. The lowest BCUT2D eigenvalue weighted by Crippen LogP contribution is -1.98. The van der Waals surface area contributed by atoms with Crippen LogP contribution in [0.2, 0.25) is 0 Å². The molecule has 134 valence electrons. The molecular weight excluding hydrogens is 339 g/mol. The number of fused-ring (bicyclic) bond motifs is 1. The summed E-state index contributed by atoms with van der Waals surface area (Å²) < 4.78 is 14.4. The van der Waals surface area contributed by atoms with Crippen LogP contribution in [0.15, 0.2) is 60.8 Å². The fourth-order valence-corrected chi connectivity index (χ4v) is 3.22. The first-order valence-electron chi connectivity index (χ1n) is 8.66. The largest absolute Gasteiger partial charge is 0.397 e. The van der Waals surface area contributed by atoms with Crippen LogP contribution in [0.3, 0.4) is 0 Å². The molecule has 0 saturated carbocycles. The van der Waals surface area contributed by atoms with E-state index in [0.29, 0.717) is 28.9 Å². The standard InChI is InChI=1S/C22H19FN4/c1-13-2-4-16-12-26-27-22(18(16)8-13)10-14-3-6-19(23)17(9-14)15-5-7-20(24)21(25)11-15/h2-9,11-12H,10,24-25H2,1H3. The fourth-order valence-electron chi connectivity index (χ4n) is 3.22. The Morgan fingerprint density at radius 3 is 2.59 bits per heavy atom. The zero-order valence-electron chi connectivity index (χ0n) is 14.9. The van der Waals surface area contributed by atoms with Crippen molar-refractivity contribution in [3.05, 3.63) is 83.4 Å². The minimum Gasteiger partial charge on any atom is -0.397 e. The van der Waals surface area contributed by atoms with Crippen LogP contribution in [-0.2, 0) is 6.42 Å². The van der Waals surface area contributed by atoms with Gasteiger partial charge in [-0.05, 0) is 48.4 Å². The number of anilines is 2. The van der Waals surface area contributed by atoms with Crippen molar-refractivity contribution in [3.8, 4) is 11.1 Å².